The van der Waals surface area contributed by atoms with Crippen LogP contribution in [0.4, 0.5) is 9.52 Å². The summed E-state index contributed by atoms with van der Waals surface area (Å²) in [6, 6.07) is 4.67. The van der Waals surface area contributed by atoms with Crippen molar-refractivity contribution in [3.8, 4) is 0 Å². The van der Waals surface area contributed by atoms with E-state index in [4.69, 9.17) is 0 Å². The van der Waals surface area contributed by atoms with Gasteiger partial charge in [0.15, 0.2) is 5.13 Å². The first-order valence-electron chi connectivity index (χ1n) is 5.52. The van der Waals surface area contributed by atoms with Crippen LogP contribution >= 0.6 is 11.3 Å². The topological polar surface area (TPSA) is 71.1 Å². The summed E-state index contributed by atoms with van der Waals surface area (Å²) in [7, 11) is -3.71. The molecule has 19 heavy (non-hydrogen) atoms. The summed E-state index contributed by atoms with van der Waals surface area (Å²) in [6.45, 7) is 1.37. The molecule has 0 spiro atoms. The minimum atomic E-state index is -3.71. The third-order valence-electron chi connectivity index (χ3n) is 2.70. The largest absolute Gasteiger partial charge is 0.306 e. The van der Waals surface area contributed by atoms with Crippen molar-refractivity contribution in [3.63, 3.8) is 0 Å². The number of rotatable bonds is 3. The van der Waals surface area contributed by atoms with E-state index in [0.717, 1.165) is 22.7 Å². The monoisotopic (exact) mass is 299 g/mol. The minimum absolute atomic E-state index is 0.0161. The van der Waals surface area contributed by atoms with Crippen molar-refractivity contribution in [2.24, 2.45) is 0 Å². The fraction of sp³-hybridized carbons (Fsp3) is 0.182. The Bertz CT molecular complexity index is 689. The van der Waals surface area contributed by atoms with E-state index in [0.29, 0.717) is 18.2 Å². The lowest BCUT2D eigenvalue weighted by atomic mass is 10.4. The van der Waals surface area contributed by atoms with Gasteiger partial charge in [-0.1, -0.05) is 11.3 Å². The second kappa shape index (κ2) is 4.55. The smallest absolute Gasteiger partial charge is 0.263 e. The van der Waals surface area contributed by atoms with Crippen LogP contribution in [0.5, 0.6) is 0 Å². The Kier molecular flexibility index (Phi) is 3.00. The van der Waals surface area contributed by atoms with Crippen molar-refractivity contribution in [2.45, 2.75) is 18.0 Å². The van der Waals surface area contributed by atoms with Crippen molar-refractivity contribution in [1.82, 2.24) is 10.3 Å². The molecule has 1 aliphatic rings. The Hall–Kier alpha value is -1.51. The normalized spacial score (nSPS) is 14.4. The van der Waals surface area contributed by atoms with Crippen LogP contribution in [0.15, 0.2) is 29.2 Å². The first-order valence-corrected chi connectivity index (χ1v) is 7.82. The predicted octanol–water partition coefficient (Wildman–Crippen LogP) is 1.69. The van der Waals surface area contributed by atoms with Crippen molar-refractivity contribution >= 4 is 26.5 Å². The highest BCUT2D eigenvalue weighted by atomic mass is 32.2. The zero-order valence-electron chi connectivity index (χ0n) is 9.68. The van der Waals surface area contributed by atoms with Crippen molar-refractivity contribution in [3.05, 3.63) is 40.7 Å². The quantitative estimate of drug-likeness (QED) is 0.904. The number of aromatic nitrogens is 1. The molecule has 0 fully saturated rings. The molecule has 8 heteroatoms. The van der Waals surface area contributed by atoms with Gasteiger partial charge in [0.1, 0.15) is 5.82 Å². The first-order chi connectivity index (χ1) is 9.04. The Labute approximate surface area is 113 Å². The number of thiazole rings is 1. The van der Waals surface area contributed by atoms with Gasteiger partial charge in [0.2, 0.25) is 0 Å². The van der Waals surface area contributed by atoms with Gasteiger partial charge in [-0.3, -0.25) is 4.72 Å². The minimum Gasteiger partial charge on any atom is -0.306 e. The fourth-order valence-corrected chi connectivity index (χ4v) is 3.97. The molecule has 1 aliphatic heterocycles. The van der Waals surface area contributed by atoms with Crippen LogP contribution in [0.2, 0.25) is 0 Å². The summed E-state index contributed by atoms with van der Waals surface area (Å²) < 4.78 is 39.3. The maximum atomic E-state index is 12.8. The number of anilines is 1. The Balaban J connectivity index is 1.86. The molecule has 0 radical (unpaired) electrons. The molecule has 0 saturated carbocycles. The maximum absolute atomic E-state index is 12.8. The zero-order chi connectivity index (χ0) is 13.5. The number of halogens is 1. The van der Waals surface area contributed by atoms with Crippen LogP contribution in [-0.2, 0) is 23.1 Å². The van der Waals surface area contributed by atoms with Gasteiger partial charge in [-0.15, -0.1) is 0 Å². The van der Waals surface area contributed by atoms with Gasteiger partial charge in [-0.25, -0.2) is 17.8 Å². The van der Waals surface area contributed by atoms with Gasteiger partial charge < -0.3 is 5.32 Å². The number of benzene rings is 1. The maximum Gasteiger partial charge on any atom is 0.263 e. The molecule has 100 valence electrons. The third kappa shape index (κ3) is 2.46. The van der Waals surface area contributed by atoms with Crippen LogP contribution in [0.1, 0.15) is 10.6 Å². The molecule has 2 heterocycles. The van der Waals surface area contributed by atoms with Gasteiger partial charge in [0, 0.05) is 18.0 Å². The van der Waals surface area contributed by atoms with E-state index < -0.39 is 15.8 Å². The van der Waals surface area contributed by atoms with Crippen LogP contribution < -0.4 is 10.0 Å². The van der Waals surface area contributed by atoms with Gasteiger partial charge >= 0.3 is 0 Å². The van der Waals surface area contributed by atoms with Gasteiger partial charge in [0.05, 0.1) is 10.6 Å². The second-order valence-corrected chi connectivity index (χ2v) is 6.82. The number of nitrogens with one attached hydrogen (secondary N) is 2. The highest BCUT2D eigenvalue weighted by Gasteiger charge is 2.20. The van der Waals surface area contributed by atoms with Gasteiger partial charge in [-0.2, -0.15) is 0 Å². The lowest BCUT2D eigenvalue weighted by Crippen LogP contribution is -2.13. The van der Waals surface area contributed by atoms with Gasteiger partial charge in [-0.05, 0) is 24.3 Å². The van der Waals surface area contributed by atoms with E-state index in [1.54, 1.807) is 0 Å². The van der Waals surface area contributed by atoms with Crippen molar-refractivity contribution < 1.29 is 12.8 Å². The zero-order valence-corrected chi connectivity index (χ0v) is 11.3. The van der Waals surface area contributed by atoms with Gasteiger partial charge in [0.25, 0.3) is 10.0 Å². The molecule has 3 rings (SSSR count). The molecule has 1 aromatic carbocycles. The Morgan fingerprint density at radius 2 is 2.00 bits per heavy atom. The first kappa shape index (κ1) is 12.5. The summed E-state index contributed by atoms with van der Waals surface area (Å²) in [5.74, 6) is -0.474. The highest BCUT2D eigenvalue weighted by Crippen LogP contribution is 2.28. The van der Waals surface area contributed by atoms with E-state index in [2.05, 4.69) is 15.0 Å². The number of hydrogen-bond donors (Lipinski definition) is 2. The molecule has 0 atom stereocenters. The van der Waals surface area contributed by atoms with Crippen LogP contribution in [0.25, 0.3) is 0 Å². The van der Waals surface area contributed by atoms with Crippen LogP contribution in [-0.4, -0.2) is 13.4 Å². The Morgan fingerprint density at radius 1 is 1.26 bits per heavy atom. The average molecular weight is 299 g/mol. The molecule has 0 saturated heterocycles. The molecule has 1 aromatic heterocycles. The molecule has 2 aromatic rings. The van der Waals surface area contributed by atoms with E-state index in [1.165, 1.54) is 23.5 Å². The van der Waals surface area contributed by atoms with E-state index in [9.17, 15) is 12.8 Å². The summed E-state index contributed by atoms with van der Waals surface area (Å²) in [4.78, 5) is 5.27. The van der Waals surface area contributed by atoms with E-state index in [-0.39, 0.29) is 4.90 Å². The highest BCUT2D eigenvalue weighted by molar-refractivity contribution is 7.93. The van der Waals surface area contributed by atoms with Crippen molar-refractivity contribution in [2.75, 3.05) is 4.72 Å². The molecule has 0 amide bonds. The molecule has 5 nitrogen and oxygen atoms in total. The number of hydrogen-bond acceptors (Lipinski definition) is 5. The van der Waals surface area contributed by atoms with Crippen LogP contribution in [0, 0.1) is 5.82 Å². The molecular weight excluding hydrogens is 289 g/mol. The molecule has 0 bridgehead atoms. The predicted molar refractivity (Wildman–Crippen MR) is 69.9 cm³/mol. The Morgan fingerprint density at radius 3 is 2.68 bits per heavy atom. The fourth-order valence-electron chi connectivity index (χ4n) is 1.79. The number of fused-ring (bicyclic) bond motifs is 1. The molecule has 2 N–H and O–H groups in total. The van der Waals surface area contributed by atoms with Crippen LogP contribution in [0.3, 0.4) is 0 Å². The summed E-state index contributed by atoms with van der Waals surface area (Å²) in [6.07, 6.45) is 0. The second-order valence-electron chi connectivity index (χ2n) is 4.05. The van der Waals surface area contributed by atoms with Crippen molar-refractivity contribution in [1.29, 1.82) is 0 Å². The van der Waals surface area contributed by atoms with E-state index >= 15 is 0 Å². The number of sulfonamides is 1. The number of nitrogens with zero attached hydrogens (tertiary/aromatic N) is 1. The molecular formula is C11H10FN3O2S2. The third-order valence-corrected chi connectivity index (χ3v) is 5.20. The lowest BCUT2D eigenvalue weighted by molar-refractivity contribution is 0.599. The average Bonchev–Trinajstić information content (AvgIpc) is 2.89. The molecule has 0 aliphatic carbocycles. The summed E-state index contributed by atoms with van der Waals surface area (Å²) in [5, 5.41) is 3.47. The van der Waals surface area contributed by atoms with E-state index in [1.807, 2.05) is 0 Å². The lowest BCUT2D eigenvalue weighted by Gasteiger charge is -2.04. The molecule has 0 unspecified atom stereocenters. The standard InChI is InChI=1S/C11H10FN3O2S2/c12-7-1-3-8(4-2-7)19(16,17)15-11-14-9-5-13-6-10(9)18-11/h1-4,13H,5-6H2,(H,14,15). The summed E-state index contributed by atoms with van der Waals surface area (Å²) in [5.41, 5.74) is 0.877. The SMILES string of the molecule is O=S(=O)(Nc1nc2c(s1)CNC2)c1ccc(F)cc1. The summed E-state index contributed by atoms with van der Waals surface area (Å²) >= 11 is 1.31.